The normalized spacial score (nSPS) is 28.2. The predicted molar refractivity (Wildman–Crippen MR) is 137 cm³/mol. The average Bonchev–Trinajstić information content (AvgIpc) is 3.60. The second kappa shape index (κ2) is 9.32. The van der Waals surface area contributed by atoms with Crippen molar-refractivity contribution < 1.29 is 23.3 Å². The van der Waals surface area contributed by atoms with Gasteiger partial charge in [-0.2, -0.15) is 0 Å². The first kappa shape index (κ1) is 24.2. The topological polar surface area (TPSA) is 76.7 Å². The van der Waals surface area contributed by atoms with Crippen LogP contribution in [0, 0.1) is 29.5 Å². The summed E-state index contributed by atoms with van der Waals surface area (Å²) in [6.45, 7) is 4.22. The van der Waals surface area contributed by atoms with Gasteiger partial charge in [0.1, 0.15) is 5.82 Å². The maximum absolute atomic E-state index is 13.6. The van der Waals surface area contributed by atoms with Gasteiger partial charge in [-0.05, 0) is 66.5 Å². The smallest absolute Gasteiger partial charge is 0.538 e. The van der Waals surface area contributed by atoms with Gasteiger partial charge < -0.3 is 19.9 Å². The second-order valence-corrected chi connectivity index (χ2v) is 11.3. The van der Waals surface area contributed by atoms with Crippen LogP contribution in [0.25, 0.3) is 0 Å². The van der Waals surface area contributed by atoms with Gasteiger partial charge in [-0.3, -0.25) is 9.59 Å². The van der Waals surface area contributed by atoms with Crippen LogP contribution in [0.3, 0.4) is 0 Å². The Morgan fingerprint density at radius 2 is 1.84 bits per heavy atom. The molecule has 6 rings (SSSR count). The number of fused-ring (bicyclic) bond motifs is 2. The molecule has 2 fully saturated rings. The highest BCUT2D eigenvalue weighted by Gasteiger charge is 2.75. The van der Waals surface area contributed by atoms with Crippen molar-refractivity contribution >= 4 is 18.9 Å². The molecule has 8 heteroatoms. The lowest BCUT2D eigenvalue weighted by atomic mass is 9.67. The second-order valence-electron chi connectivity index (χ2n) is 11.3. The fourth-order valence-corrected chi connectivity index (χ4v) is 6.53. The Morgan fingerprint density at radius 3 is 2.57 bits per heavy atom. The standard InChI is InChI=1S/C29H32BFN2O4/c1-17(2)12-26(30-36-21-13-23-22-14-24(22)29(23,16-21)37-30)33-27(34)15-25(18-8-10-20(31)11-9-18)32-28(35)19-6-4-3-5-7-19/h3-11,16-17,22-26H,12-15H2,1-2H3,(H,32,35)(H,33,34)/t22?,23?,24?,25?,26-,29+/m0/s1. The summed E-state index contributed by atoms with van der Waals surface area (Å²) in [6.07, 6.45) is 5.05. The third-order valence-corrected chi connectivity index (χ3v) is 8.31. The zero-order valence-electron chi connectivity index (χ0n) is 21.2. The van der Waals surface area contributed by atoms with Crippen LogP contribution >= 0.6 is 0 Å². The Labute approximate surface area is 217 Å². The van der Waals surface area contributed by atoms with E-state index in [2.05, 4.69) is 30.6 Å². The minimum Gasteiger partial charge on any atom is -0.538 e. The highest BCUT2D eigenvalue weighted by molar-refractivity contribution is 6.47. The summed E-state index contributed by atoms with van der Waals surface area (Å²) in [5.74, 6) is 1.98. The van der Waals surface area contributed by atoms with E-state index in [0.717, 1.165) is 18.1 Å². The number of nitrogens with one attached hydrogen (secondary N) is 2. The molecule has 2 bridgehead atoms. The minimum absolute atomic E-state index is 0.00663. The molecule has 37 heavy (non-hydrogen) atoms. The molecule has 4 unspecified atom stereocenters. The fraction of sp³-hybridized carbons (Fsp3) is 0.448. The zero-order valence-corrected chi connectivity index (χ0v) is 21.2. The number of allylic oxidation sites excluding steroid dienone is 1. The molecule has 2 amide bonds. The third kappa shape index (κ3) is 4.56. The van der Waals surface area contributed by atoms with Gasteiger partial charge in [0.2, 0.25) is 5.91 Å². The first-order valence-corrected chi connectivity index (χ1v) is 13.3. The van der Waals surface area contributed by atoms with Gasteiger partial charge in [0.25, 0.3) is 5.91 Å². The van der Waals surface area contributed by atoms with Crippen molar-refractivity contribution in [2.24, 2.45) is 23.7 Å². The van der Waals surface area contributed by atoms with Gasteiger partial charge in [-0.25, -0.2) is 4.39 Å². The SMILES string of the molecule is CC(C)C[C@H](NC(=O)CC(NC(=O)c1ccccc1)c1ccc(F)cc1)B1OC2=C[C@@]3(O1)C(C2)C1CC13. The summed E-state index contributed by atoms with van der Waals surface area (Å²) < 4.78 is 26.4. The van der Waals surface area contributed by atoms with Crippen LogP contribution in [0.15, 0.2) is 66.4 Å². The molecule has 0 saturated heterocycles. The van der Waals surface area contributed by atoms with E-state index in [-0.39, 0.29) is 35.6 Å². The van der Waals surface area contributed by atoms with E-state index >= 15 is 0 Å². The van der Waals surface area contributed by atoms with Gasteiger partial charge in [0.15, 0.2) is 0 Å². The summed E-state index contributed by atoms with van der Waals surface area (Å²) in [4.78, 5) is 26.3. The van der Waals surface area contributed by atoms with Crippen LogP contribution in [0.2, 0.25) is 0 Å². The van der Waals surface area contributed by atoms with Crippen LogP contribution in [-0.2, 0) is 14.1 Å². The summed E-state index contributed by atoms with van der Waals surface area (Å²) in [7, 11) is -0.527. The summed E-state index contributed by atoms with van der Waals surface area (Å²) in [5, 5.41) is 6.11. The minimum atomic E-state index is -0.623. The number of halogens is 1. The van der Waals surface area contributed by atoms with Crippen LogP contribution in [0.5, 0.6) is 0 Å². The van der Waals surface area contributed by atoms with E-state index in [1.807, 2.05) is 6.07 Å². The lowest BCUT2D eigenvalue weighted by Crippen LogP contribution is -2.58. The predicted octanol–water partition coefficient (Wildman–Crippen LogP) is 4.58. The maximum Gasteiger partial charge on any atom is 0.549 e. The first-order chi connectivity index (χ1) is 17.8. The molecule has 0 radical (unpaired) electrons. The van der Waals surface area contributed by atoms with Crippen molar-refractivity contribution in [3.63, 3.8) is 0 Å². The van der Waals surface area contributed by atoms with Gasteiger partial charge in [-0.1, -0.05) is 44.2 Å². The highest BCUT2D eigenvalue weighted by Crippen LogP contribution is 2.73. The summed E-state index contributed by atoms with van der Waals surface area (Å²) in [5.41, 5.74) is 0.946. The Morgan fingerprint density at radius 1 is 1.08 bits per heavy atom. The molecule has 2 aromatic carbocycles. The van der Waals surface area contributed by atoms with Crippen molar-refractivity contribution in [1.82, 2.24) is 10.6 Å². The van der Waals surface area contributed by atoms with E-state index in [4.69, 9.17) is 9.31 Å². The molecule has 3 aliphatic carbocycles. The number of hydrogen-bond donors (Lipinski definition) is 2. The maximum atomic E-state index is 13.6. The number of benzene rings is 2. The molecule has 192 valence electrons. The van der Waals surface area contributed by atoms with Crippen molar-refractivity contribution in [2.45, 2.75) is 57.1 Å². The number of amides is 2. The first-order valence-electron chi connectivity index (χ1n) is 13.3. The molecule has 1 spiro atoms. The highest BCUT2D eigenvalue weighted by atomic mass is 19.1. The molecule has 1 aliphatic heterocycles. The van der Waals surface area contributed by atoms with Crippen LogP contribution in [0.4, 0.5) is 4.39 Å². The van der Waals surface area contributed by atoms with Crippen molar-refractivity contribution in [3.05, 3.63) is 83.4 Å². The van der Waals surface area contributed by atoms with Crippen LogP contribution < -0.4 is 10.6 Å². The van der Waals surface area contributed by atoms with Gasteiger partial charge in [-0.15, -0.1) is 0 Å². The Balaban J connectivity index is 1.17. The lowest BCUT2D eigenvalue weighted by Gasteiger charge is -2.45. The number of rotatable bonds is 9. The number of carbonyl (C=O) groups is 2. The number of carbonyl (C=O) groups excluding carboxylic acids is 2. The average molecular weight is 502 g/mol. The molecule has 4 aliphatic rings. The Bertz CT molecular complexity index is 1220. The van der Waals surface area contributed by atoms with Gasteiger partial charge >= 0.3 is 7.12 Å². The van der Waals surface area contributed by atoms with E-state index in [1.54, 1.807) is 36.4 Å². The van der Waals surface area contributed by atoms with Gasteiger partial charge in [0, 0.05) is 17.9 Å². The molecule has 6 atom stereocenters. The largest absolute Gasteiger partial charge is 0.549 e. The van der Waals surface area contributed by atoms with Crippen molar-refractivity contribution in [3.8, 4) is 0 Å². The third-order valence-electron chi connectivity index (χ3n) is 8.31. The molecule has 6 nitrogen and oxygen atoms in total. The number of hydrogen-bond acceptors (Lipinski definition) is 4. The van der Waals surface area contributed by atoms with Gasteiger partial charge in [0.05, 0.1) is 29.8 Å². The van der Waals surface area contributed by atoms with Crippen LogP contribution in [0.1, 0.15) is 61.5 Å². The molecule has 0 aromatic heterocycles. The molecule has 1 heterocycles. The molecule has 2 N–H and O–H groups in total. The zero-order chi connectivity index (χ0) is 25.7. The van der Waals surface area contributed by atoms with E-state index in [1.165, 1.54) is 18.6 Å². The summed E-state index contributed by atoms with van der Waals surface area (Å²) in [6, 6.07) is 14.1. The summed E-state index contributed by atoms with van der Waals surface area (Å²) >= 11 is 0. The van der Waals surface area contributed by atoms with E-state index in [0.29, 0.717) is 35.3 Å². The van der Waals surface area contributed by atoms with Crippen LogP contribution in [-0.4, -0.2) is 30.5 Å². The molecule has 2 saturated carbocycles. The Kier molecular flexibility index (Phi) is 6.10. The molecular weight excluding hydrogens is 470 g/mol. The lowest BCUT2D eigenvalue weighted by molar-refractivity contribution is -0.122. The monoisotopic (exact) mass is 502 g/mol. The fourth-order valence-electron chi connectivity index (χ4n) is 6.53. The van der Waals surface area contributed by atoms with Crippen molar-refractivity contribution in [1.29, 1.82) is 0 Å². The van der Waals surface area contributed by atoms with Crippen molar-refractivity contribution in [2.75, 3.05) is 0 Å². The molecule has 2 aromatic rings. The van der Waals surface area contributed by atoms with E-state index in [9.17, 15) is 14.0 Å². The quantitative estimate of drug-likeness (QED) is 0.492. The Hall–Kier alpha value is -3.13. The molecular formula is C29H32BFN2O4. The van der Waals surface area contributed by atoms with E-state index < -0.39 is 13.2 Å².